The second kappa shape index (κ2) is 17.2. The highest BCUT2D eigenvalue weighted by Gasteiger charge is 2.31. The summed E-state index contributed by atoms with van der Waals surface area (Å²) < 4.78 is 0. The normalized spacial score (nSPS) is 14.1. The third-order valence-electron chi connectivity index (χ3n) is 4.91. The summed E-state index contributed by atoms with van der Waals surface area (Å²) in [5.74, 6) is -6.33. The van der Waals surface area contributed by atoms with Gasteiger partial charge in [0, 0.05) is 0 Å². The fourth-order valence-corrected chi connectivity index (χ4v) is 3.03. The maximum absolute atomic E-state index is 12.9. The molecule has 0 bridgehead atoms. The molecule has 15 heteroatoms. The minimum atomic E-state index is -1.62. The lowest BCUT2D eigenvalue weighted by molar-refractivity contribution is -0.143. The summed E-state index contributed by atoms with van der Waals surface area (Å²) in [6.45, 7) is 0.645. The zero-order valence-electron chi connectivity index (χ0n) is 19.5. The van der Waals surface area contributed by atoms with Gasteiger partial charge in [0.25, 0.3) is 0 Å². The summed E-state index contributed by atoms with van der Waals surface area (Å²) in [6.07, 6.45) is 0.678. The molecule has 15 nitrogen and oxygen atoms in total. The molecule has 0 heterocycles. The van der Waals surface area contributed by atoms with E-state index >= 15 is 0 Å². The first-order valence-corrected chi connectivity index (χ1v) is 11.2. The molecule has 0 saturated heterocycles. The minimum absolute atomic E-state index is 0.0571. The SMILES string of the molecule is NCCCCC(NC(=O)C(CC(=O)O)NC(=O)C(CCCCN)NC(=O)C(N)CC(N)=O)C(=O)O. The number of primary amides is 1. The molecular weight excluding hydrogens is 466 g/mol. The Balaban J connectivity index is 5.49. The number of carboxylic acids is 2. The number of nitrogens with two attached hydrogens (primary N) is 4. The lowest BCUT2D eigenvalue weighted by atomic mass is 10.1. The van der Waals surface area contributed by atoms with Gasteiger partial charge in [-0.25, -0.2) is 4.79 Å². The Bertz CT molecular complexity index is 749. The van der Waals surface area contributed by atoms with Gasteiger partial charge >= 0.3 is 11.9 Å². The van der Waals surface area contributed by atoms with Gasteiger partial charge in [-0.05, 0) is 51.6 Å². The van der Waals surface area contributed by atoms with Crippen LogP contribution in [0.4, 0.5) is 0 Å². The van der Waals surface area contributed by atoms with Crippen molar-refractivity contribution in [3.8, 4) is 0 Å². The van der Waals surface area contributed by atoms with Crippen molar-refractivity contribution >= 4 is 35.6 Å². The van der Waals surface area contributed by atoms with Crippen LogP contribution in [0.2, 0.25) is 0 Å². The Kier molecular flexibility index (Phi) is 15.6. The number of rotatable bonds is 19. The van der Waals surface area contributed by atoms with Crippen molar-refractivity contribution in [1.29, 1.82) is 0 Å². The van der Waals surface area contributed by atoms with E-state index in [0.29, 0.717) is 38.8 Å². The largest absolute Gasteiger partial charge is 0.481 e. The lowest BCUT2D eigenvalue weighted by Crippen LogP contribution is -2.57. The predicted octanol–water partition coefficient (Wildman–Crippen LogP) is -3.54. The van der Waals surface area contributed by atoms with Gasteiger partial charge in [-0.15, -0.1) is 0 Å². The van der Waals surface area contributed by atoms with Crippen LogP contribution < -0.4 is 38.9 Å². The average molecular weight is 504 g/mol. The van der Waals surface area contributed by atoms with Crippen molar-refractivity contribution in [3.05, 3.63) is 0 Å². The molecule has 0 aromatic rings. The van der Waals surface area contributed by atoms with Gasteiger partial charge in [-0.1, -0.05) is 0 Å². The van der Waals surface area contributed by atoms with Crippen LogP contribution in [0.25, 0.3) is 0 Å². The van der Waals surface area contributed by atoms with Crippen LogP contribution >= 0.6 is 0 Å². The number of carbonyl (C=O) groups is 6. The van der Waals surface area contributed by atoms with Gasteiger partial charge in [0.15, 0.2) is 0 Å². The molecule has 4 atom stereocenters. The van der Waals surface area contributed by atoms with Crippen LogP contribution in [0.5, 0.6) is 0 Å². The number of nitrogens with one attached hydrogen (secondary N) is 3. The van der Waals surface area contributed by atoms with Crippen LogP contribution in [-0.2, 0) is 28.8 Å². The monoisotopic (exact) mass is 503 g/mol. The molecule has 0 aliphatic carbocycles. The average Bonchev–Trinajstić information content (AvgIpc) is 2.76. The highest BCUT2D eigenvalue weighted by Crippen LogP contribution is 2.06. The molecule has 35 heavy (non-hydrogen) atoms. The van der Waals surface area contributed by atoms with Crippen molar-refractivity contribution in [2.75, 3.05) is 13.1 Å². The van der Waals surface area contributed by atoms with Crippen molar-refractivity contribution < 1.29 is 39.0 Å². The molecule has 0 aromatic carbocycles. The van der Waals surface area contributed by atoms with Crippen LogP contribution in [0, 0.1) is 0 Å². The van der Waals surface area contributed by atoms with E-state index in [4.69, 9.17) is 22.9 Å². The van der Waals surface area contributed by atoms with Gasteiger partial charge in [-0.2, -0.15) is 0 Å². The van der Waals surface area contributed by atoms with Gasteiger partial charge in [-0.3, -0.25) is 24.0 Å². The first kappa shape index (κ1) is 31.7. The number of hydrogen-bond donors (Lipinski definition) is 9. The zero-order chi connectivity index (χ0) is 27.0. The summed E-state index contributed by atoms with van der Waals surface area (Å²) in [5.41, 5.74) is 21.5. The van der Waals surface area contributed by atoms with Crippen molar-refractivity contribution in [2.45, 2.75) is 75.5 Å². The third-order valence-corrected chi connectivity index (χ3v) is 4.91. The Hall–Kier alpha value is -3.30. The number of carboxylic acid groups (broad SMARTS) is 2. The number of unbranched alkanes of at least 4 members (excludes halogenated alkanes) is 2. The van der Waals surface area contributed by atoms with Crippen molar-refractivity contribution in [3.63, 3.8) is 0 Å². The molecule has 4 unspecified atom stereocenters. The summed E-state index contributed by atoms with van der Waals surface area (Å²) in [5, 5.41) is 25.3. The third kappa shape index (κ3) is 13.9. The minimum Gasteiger partial charge on any atom is -0.481 e. The Labute approximate surface area is 202 Å². The number of aliphatic carboxylic acids is 2. The van der Waals surface area contributed by atoms with Gasteiger partial charge < -0.3 is 49.1 Å². The molecule has 200 valence electrons. The summed E-state index contributed by atoms with van der Waals surface area (Å²) in [6, 6.07) is -5.48. The first-order valence-electron chi connectivity index (χ1n) is 11.2. The Morgan fingerprint density at radius 2 is 1.11 bits per heavy atom. The van der Waals surface area contributed by atoms with E-state index in [1.165, 1.54) is 0 Å². The maximum atomic E-state index is 12.9. The molecule has 0 spiro atoms. The van der Waals surface area contributed by atoms with Crippen molar-refractivity contribution in [1.82, 2.24) is 16.0 Å². The maximum Gasteiger partial charge on any atom is 0.326 e. The molecule has 0 saturated carbocycles. The fourth-order valence-electron chi connectivity index (χ4n) is 3.03. The topological polar surface area (TPSA) is 283 Å². The standard InChI is InChI=1S/C20H37N7O8/c21-7-3-1-5-12(25-17(31)11(23)9-15(24)28)18(32)27-14(10-16(29)30)19(33)26-13(20(34)35)6-2-4-8-22/h11-14H,1-10,21-23H2,(H2,24,28)(H,25,31)(H,26,33)(H,27,32)(H,29,30)(H,34,35). The van der Waals surface area contributed by atoms with Gasteiger partial charge in [0.2, 0.25) is 23.6 Å². The van der Waals surface area contributed by atoms with Crippen LogP contribution in [0.15, 0.2) is 0 Å². The Morgan fingerprint density at radius 1 is 0.657 bits per heavy atom. The number of hydrogen-bond acceptors (Lipinski definition) is 9. The van der Waals surface area contributed by atoms with E-state index in [9.17, 15) is 39.0 Å². The van der Waals surface area contributed by atoms with E-state index in [0.717, 1.165) is 0 Å². The number of amides is 4. The van der Waals surface area contributed by atoms with Crippen molar-refractivity contribution in [2.24, 2.45) is 22.9 Å². The summed E-state index contributed by atoms with van der Waals surface area (Å²) in [4.78, 5) is 71.5. The van der Waals surface area contributed by atoms with E-state index < -0.39 is 72.6 Å². The molecule has 0 rings (SSSR count). The molecule has 4 amide bonds. The van der Waals surface area contributed by atoms with Crippen LogP contribution in [0.1, 0.15) is 51.4 Å². The fraction of sp³-hybridized carbons (Fsp3) is 0.700. The lowest BCUT2D eigenvalue weighted by Gasteiger charge is -2.24. The highest BCUT2D eigenvalue weighted by molar-refractivity contribution is 5.96. The quantitative estimate of drug-likeness (QED) is 0.0778. The molecule has 0 aliphatic heterocycles. The molecular formula is C20H37N7O8. The second-order valence-electron chi connectivity index (χ2n) is 7.97. The summed E-state index contributed by atoms with van der Waals surface area (Å²) >= 11 is 0. The molecule has 0 aromatic heterocycles. The van der Waals surface area contributed by atoms with Gasteiger partial charge in [0.1, 0.15) is 18.1 Å². The summed E-state index contributed by atoms with van der Waals surface area (Å²) in [7, 11) is 0. The van der Waals surface area contributed by atoms with Crippen LogP contribution in [-0.4, -0.2) is 83.0 Å². The smallest absolute Gasteiger partial charge is 0.326 e. The van der Waals surface area contributed by atoms with E-state index in [2.05, 4.69) is 16.0 Å². The van der Waals surface area contributed by atoms with E-state index in [-0.39, 0.29) is 12.8 Å². The zero-order valence-corrected chi connectivity index (χ0v) is 19.5. The number of carbonyl (C=O) groups excluding carboxylic acids is 4. The van der Waals surface area contributed by atoms with Gasteiger partial charge in [0.05, 0.1) is 18.9 Å². The molecule has 0 fully saturated rings. The highest BCUT2D eigenvalue weighted by atomic mass is 16.4. The molecule has 0 radical (unpaired) electrons. The first-order chi connectivity index (χ1) is 16.4. The molecule has 13 N–H and O–H groups in total. The van der Waals surface area contributed by atoms with E-state index in [1.54, 1.807) is 0 Å². The Morgan fingerprint density at radius 3 is 1.57 bits per heavy atom. The van der Waals surface area contributed by atoms with Crippen LogP contribution in [0.3, 0.4) is 0 Å². The molecule has 0 aliphatic rings. The predicted molar refractivity (Wildman–Crippen MR) is 123 cm³/mol. The second-order valence-corrected chi connectivity index (χ2v) is 7.97. The van der Waals surface area contributed by atoms with E-state index in [1.807, 2.05) is 0 Å².